The van der Waals surface area contributed by atoms with Gasteiger partial charge in [-0.05, 0) is 24.3 Å². The summed E-state index contributed by atoms with van der Waals surface area (Å²) >= 11 is 3.28. The summed E-state index contributed by atoms with van der Waals surface area (Å²) in [5, 5.41) is 12.5. The minimum absolute atomic E-state index is 0.130. The van der Waals surface area contributed by atoms with Crippen LogP contribution in [0.2, 0.25) is 0 Å². The van der Waals surface area contributed by atoms with Crippen LogP contribution in [0.4, 0.5) is 0 Å². The second-order valence-electron chi connectivity index (χ2n) is 3.34. The molecular formula is C10H8BrN3O3. The van der Waals surface area contributed by atoms with E-state index < -0.39 is 11.7 Å². The molecule has 0 saturated carbocycles. The molecule has 0 saturated heterocycles. The van der Waals surface area contributed by atoms with Crippen molar-refractivity contribution < 1.29 is 9.90 Å². The largest absolute Gasteiger partial charge is 0.481 e. The first-order valence-electron chi connectivity index (χ1n) is 4.72. The number of hydrogen-bond donors (Lipinski definition) is 2. The molecule has 2 rings (SSSR count). The maximum absolute atomic E-state index is 11.5. The Morgan fingerprint density at radius 3 is 2.65 bits per heavy atom. The Balaban J connectivity index is 2.39. The van der Waals surface area contributed by atoms with Crippen molar-refractivity contribution in [3.63, 3.8) is 0 Å². The SMILES string of the molecule is O=C(O)Cc1nn(-c2ccc(Br)cc2)c(=O)[nH]1. The van der Waals surface area contributed by atoms with Crippen molar-refractivity contribution >= 4 is 21.9 Å². The zero-order chi connectivity index (χ0) is 12.4. The Labute approximate surface area is 104 Å². The molecule has 0 atom stereocenters. The molecule has 0 aliphatic carbocycles. The number of H-pyrrole nitrogens is 1. The number of nitrogens with one attached hydrogen (secondary N) is 1. The number of hydrogen-bond acceptors (Lipinski definition) is 3. The first-order chi connectivity index (χ1) is 8.06. The molecule has 0 amide bonds. The summed E-state index contributed by atoms with van der Waals surface area (Å²) in [7, 11) is 0. The van der Waals surface area contributed by atoms with E-state index >= 15 is 0 Å². The first-order valence-corrected chi connectivity index (χ1v) is 5.51. The molecule has 0 aliphatic heterocycles. The molecule has 17 heavy (non-hydrogen) atoms. The summed E-state index contributed by atoms with van der Waals surface area (Å²) in [5.41, 5.74) is 0.120. The Hall–Kier alpha value is -1.89. The van der Waals surface area contributed by atoms with Gasteiger partial charge in [0, 0.05) is 4.47 Å². The molecule has 1 aromatic carbocycles. The van der Waals surface area contributed by atoms with Crippen LogP contribution in [-0.2, 0) is 11.2 Å². The lowest BCUT2D eigenvalue weighted by Crippen LogP contribution is -2.15. The Morgan fingerprint density at radius 2 is 2.06 bits per heavy atom. The number of aliphatic carboxylic acids is 1. The van der Waals surface area contributed by atoms with E-state index in [1.54, 1.807) is 24.3 Å². The van der Waals surface area contributed by atoms with Gasteiger partial charge in [-0.1, -0.05) is 15.9 Å². The summed E-state index contributed by atoms with van der Waals surface area (Å²) in [6.45, 7) is 0. The number of carboxylic acid groups (broad SMARTS) is 1. The summed E-state index contributed by atoms with van der Waals surface area (Å²) in [4.78, 5) is 24.4. The van der Waals surface area contributed by atoms with Crippen LogP contribution in [0.25, 0.3) is 5.69 Å². The van der Waals surface area contributed by atoms with Gasteiger partial charge in [-0.15, -0.1) is 5.10 Å². The van der Waals surface area contributed by atoms with Crippen LogP contribution < -0.4 is 5.69 Å². The normalized spacial score (nSPS) is 10.4. The molecule has 1 heterocycles. The van der Waals surface area contributed by atoms with Gasteiger partial charge in [0.2, 0.25) is 0 Å². The number of aromatic nitrogens is 3. The summed E-state index contributed by atoms with van der Waals surface area (Å²) < 4.78 is 2.01. The molecule has 6 nitrogen and oxygen atoms in total. The van der Waals surface area contributed by atoms with E-state index in [1.165, 1.54) is 0 Å². The zero-order valence-electron chi connectivity index (χ0n) is 8.55. The molecule has 7 heteroatoms. The fourth-order valence-corrected chi connectivity index (χ4v) is 1.61. The lowest BCUT2D eigenvalue weighted by atomic mass is 10.3. The Kier molecular flexibility index (Phi) is 3.10. The average molecular weight is 298 g/mol. The van der Waals surface area contributed by atoms with Crippen molar-refractivity contribution in [2.75, 3.05) is 0 Å². The maximum Gasteiger partial charge on any atom is 0.348 e. The smallest absolute Gasteiger partial charge is 0.348 e. The van der Waals surface area contributed by atoms with Crippen LogP contribution >= 0.6 is 15.9 Å². The lowest BCUT2D eigenvalue weighted by Gasteiger charge is -1.98. The highest BCUT2D eigenvalue weighted by Gasteiger charge is 2.09. The number of nitrogens with zero attached hydrogens (tertiary/aromatic N) is 2. The highest BCUT2D eigenvalue weighted by atomic mass is 79.9. The van der Waals surface area contributed by atoms with Crippen LogP contribution in [0.15, 0.2) is 33.5 Å². The van der Waals surface area contributed by atoms with Crippen LogP contribution in [0.5, 0.6) is 0 Å². The molecule has 0 spiro atoms. The van der Waals surface area contributed by atoms with E-state index in [2.05, 4.69) is 26.0 Å². The highest BCUT2D eigenvalue weighted by Crippen LogP contribution is 2.12. The second-order valence-corrected chi connectivity index (χ2v) is 4.25. The van der Waals surface area contributed by atoms with Crippen molar-refractivity contribution in [3.8, 4) is 5.69 Å². The number of aromatic amines is 1. The van der Waals surface area contributed by atoms with Crippen molar-refractivity contribution in [3.05, 3.63) is 45.0 Å². The molecule has 0 radical (unpaired) electrons. The third kappa shape index (κ3) is 2.62. The maximum atomic E-state index is 11.5. The van der Waals surface area contributed by atoms with Crippen molar-refractivity contribution in [2.24, 2.45) is 0 Å². The molecule has 0 bridgehead atoms. The fraction of sp³-hybridized carbons (Fsp3) is 0.100. The molecule has 0 fully saturated rings. The van der Waals surface area contributed by atoms with E-state index in [1.807, 2.05) is 0 Å². The Morgan fingerprint density at radius 1 is 1.41 bits per heavy atom. The summed E-state index contributed by atoms with van der Waals surface area (Å²) in [6, 6.07) is 6.95. The minimum atomic E-state index is -1.04. The first kappa shape index (κ1) is 11.6. The third-order valence-electron chi connectivity index (χ3n) is 2.05. The van der Waals surface area contributed by atoms with Crippen molar-refractivity contribution in [1.29, 1.82) is 0 Å². The van der Waals surface area contributed by atoms with Crippen molar-refractivity contribution in [2.45, 2.75) is 6.42 Å². The topological polar surface area (TPSA) is 88.0 Å². The van der Waals surface area contributed by atoms with Gasteiger partial charge in [0.1, 0.15) is 12.2 Å². The monoisotopic (exact) mass is 297 g/mol. The zero-order valence-corrected chi connectivity index (χ0v) is 10.1. The van der Waals surface area contributed by atoms with Crippen LogP contribution in [0, 0.1) is 0 Å². The van der Waals surface area contributed by atoms with Gasteiger partial charge in [0.25, 0.3) is 0 Å². The number of halogens is 1. The fourth-order valence-electron chi connectivity index (χ4n) is 1.35. The molecule has 0 aliphatic rings. The quantitative estimate of drug-likeness (QED) is 0.883. The lowest BCUT2D eigenvalue weighted by molar-refractivity contribution is -0.136. The number of benzene rings is 1. The standard InChI is InChI=1S/C10H8BrN3O3/c11-6-1-3-7(4-2-6)14-10(17)12-8(13-14)5-9(15)16/h1-4H,5H2,(H,15,16)(H,12,13,17). The van der Waals surface area contributed by atoms with Gasteiger partial charge in [0.15, 0.2) is 0 Å². The van der Waals surface area contributed by atoms with Gasteiger partial charge in [-0.2, -0.15) is 4.68 Å². The van der Waals surface area contributed by atoms with Gasteiger partial charge in [-0.3, -0.25) is 9.78 Å². The average Bonchev–Trinajstić information content (AvgIpc) is 2.59. The third-order valence-corrected chi connectivity index (χ3v) is 2.58. The van der Waals surface area contributed by atoms with Crippen LogP contribution in [0.3, 0.4) is 0 Å². The van der Waals surface area contributed by atoms with Gasteiger partial charge in [-0.25, -0.2) is 4.79 Å². The second kappa shape index (κ2) is 4.54. The predicted octanol–water partition coefficient (Wildman–Crippen LogP) is 0.950. The van der Waals surface area contributed by atoms with Crippen molar-refractivity contribution in [1.82, 2.24) is 14.8 Å². The Bertz CT molecular complexity index is 600. The van der Waals surface area contributed by atoms with Crippen LogP contribution in [0.1, 0.15) is 5.82 Å². The van der Waals surface area contributed by atoms with E-state index in [0.29, 0.717) is 5.69 Å². The predicted molar refractivity (Wildman–Crippen MR) is 63.2 cm³/mol. The summed E-state index contributed by atoms with van der Waals surface area (Å²) in [5.74, 6) is -0.910. The van der Waals surface area contributed by atoms with Gasteiger partial charge < -0.3 is 5.11 Å². The number of rotatable bonds is 3. The van der Waals surface area contributed by atoms with E-state index in [-0.39, 0.29) is 12.2 Å². The molecule has 2 aromatic rings. The van der Waals surface area contributed by atoms with E-state index in [0.717, 1.165) is 9.15 Å². The van der Waals surface area contributed by atoms with Gasteiger partial charge in [0.05, 0.1) is 5.69 Å². The number of carbonyl (C=O) groups is 1. The highest BCUT2D eigenvalue weighted by molar-refractivity contribution is 9.10. The summed E-state index contributed by atoms with van der Waals surface area (Å²) in [6.07, 6.45) is -0.307. The molecule has 2 N–H and O–H groups in total. The van der Waals surface area contributed by atoms with Gasteiger partial charge >= 0.3 is 11.7 Å². The number of carboxylic acids is 1. The molecule has 0 unspecified atom stereocenters. The van der Waals surface area contributed by atoms with E-state index in [9.17, 15) is 9.59 Å². The minimum Gasteiger partial charge on any atom is -0.481 e. The molecule has 88 valence electrons. The molecule has 1 aromatic heterocycles. The van der Waals surface area contributed by atoms with Crippen LogP contribution in [-0.4, -0.2) is 25.8 Å². The molecular weight excluding hydrogens is 290 g/mol. The van der Waals surface area contributed by atoms with E-state index in [4.69, 9.17) is 5.11 Å².